The highest BCUT2D eigenvalue weighted by Gasteiger charge is 2.02. The summed E-state index contributed by atoms with van der Waals surface area (Å²) in [5.41, 5.74) is 1.19. The lowest BCUT2D eigenvalue weighted by Crippen LogP contribution is -2.02. The van der Waals surface area contributed by atoms with Gasteiger partial charge in [0.25, 0.3) is 0 Å². The maximum Gasteiger partial charge on any atom is 0.132 e. The Balaban J connectivity index is 1.78. The molecule has 0 heterocycles. The zero-order valence-corrected chi connectivity index (χ0v) is 17.7. The highest BCUT2D eigenvalue weighted by atomic mass is 16.5. The van der Waals surface area contributed by atoms with Gasteiger partial charge in [-0.3, -0.25) is 4.79 Å². The fraction of sp³-hybridized carbons (Fsp3) is 0.720. The van der Waals surface area contributed by atoms with Crippen LogP contribution in [0.5, 0.6) is 0 Å². The van der Waals surface area contributed by atoms with Gasteiger partial charge in [-0.1, -0.05) is 108 Å². The van der Waals surface area contributed by atoms with Crippen LogP contribution in [0, 0.1) is 0 Å². The number of ether oxygens (including phenoxy) is 1. The van der Waals surface area contributed by atoms with Crippen LogP contribution in [-0.4, -0.2) is 12.4 Å². The molecule has 1 aromatic rings. The average molecular weight is 375 g/mol. The summed E-state index contributed by atoms with van der Waals surface area (Å²) in [4.78, 5) is 11.9. The van der Waals surface area contributed by atoms with Crippen molar-refractivity contribution in [3.63, 3.8) is 0 Å². The lowest BCUT2D eigenvalue weighted by atomic mass is 10.0. The molecular formula is C25H42O2. The first-order valence-corrected chi connectivity index (χ1v) is 11.5. The first kappa shape index (κ1) is 23.9. The van der Waals surface area contributed by atoms with E-state index in [0.29, 0.717) is 25.4 Å². The number of hydrogen-bond acceptors (Lipinski definition) is 2. The number of unbranched alkanes of at least 4 members (excludes halogenated alkanes) is 11. The Labute approximate surface area is 168 Å². The van der Waals surface area contributed by atoms with Crippen molar-refractivity contribution in [1.29, 1.82) is 0 Å². The molecule has 0 unspecified atom stereocenters. The fourth-order valence-corrected chi connectivity index (χ4v) is 3.42. The molecule has 0 atom stereocenters. The van der Waals surface area contributed by atoms with Crippen molar-refractivity contribution in [2.75, 3.05) is 6.61 Å². The molecule has 0 bridgehead atoms. The molecule has 154 valence electrons. The molecule has 2 heteroatoms. The van der Waals surface area contributed by atoms with Crippen LogP contribution in [-0.2, 0) is 16.1 Å². The summed E-state index contributed by atoms with van der Waals surface area (Å²) in [7, 11) is 0. The van der Waals surface area contributed by atoms with Crippen LogP contribution in [0.1, 0.15) is 109 Å². The van der Waals surface area contributed by atoms with Gasteiger partial charge in [-0.25, -0.2) is 0 Å². The minimum absolute atomic E-state index is 0.408. The third kappa shape index (κ3) is 15.6. The first-order valence-electron chi connectivity index (χ1n) is 11.5. The van der Waals surface area contributed by atoms with Crippen molar-refractivity contribution in [3.8, 4) is 0 Å². The number of rotatable bonds is 19. The zero-order valence-electron chi connectivity index (χ0n) is 17.7. The lowest BCUT2D eigenvalue weighted by Gasteiger charge is -2.05. The molecular weight excluding hydrogens is 332 g/mol. The second-order valence-corrected chi connectivity index (χ2v) is 7.82. The number of Topliss-reactive ketones (excluding diaryl/α,β-unsaturated/α-hetero) is 1. The number of benzene rings is 1. The summed E-state index contributed by atoms with van der Waals surface area (Å²) in [5.74, 6) is 0.408. The molecule has 0 aliphatic heterocycles. The average Bonchev–Trinajstić information content (AvgIpc) is 2.69. The molecule has 0 N–H and O–H groups in total. The summed E-state index contributed by atoms with van der Waals surface area (Å²) in [6.45, 7) is 3.60. The van der Waals surface area contributed by atoms with E-state index >= 15 is 0 Å². The van der Waals surface area contributed by atoms with Gasteiger partial charge in [0.15, 0.2) is 0 Å². The van der Waals surface area contributed by atoms with Gasteiger partial charge in [-0.2, -0.15) is 0 Å². The molecule has 0 fully saturated rings. The SMILES string of the molecule is CCCCCCCCCCCCCCC(=O)CCCOCc1ccccc1. The molecule has 1 aromatic carbocycles. The maximum absolute atomic E-state index is 11.9. The van der Waals surface area contributed by atoms with Crippen molar-refractivity contribution >= 4 is 5.78 Å². The summed E-state index contributed by atoms with van der Waals surface area (Å²) in [5, 5.41) is 0. The quantitative estimate of drug-likeness (QED) is 0.232. The third-order valence-corrected chi connectivity index (χ3v) is 5.17. The normalized spacial score (nSPS) is 11.0. The van der Waals surface area contributed by atoms with Crippen LogP contribution >= 0.6 is 0 Å². The van der Waals surface area contributed by atoms with E-state index in [0.717, 1.165) is 19.3 Å². The van der Waals surface area contributed by atoms with E-state index in [1.807, 2.05) is 18.2 Å². The van der Waals surface area contributed by atoms with E-state index in [1.165, 1.54) is 76.2 Å². The second-order valence-electron chi connectivity index (χ2n) is 7.82. The number of hydrogen-bond donors (Lipinski definition) is 0. The van der Waals surface area contributed by atoms with Crippen LogP contribution < -0.4 is 0 Å². The van der Waals surface area contributed by atoms with Crippen LogP contribution in [0.3, 0.4) is 0 Å². The van der Waals surface area contributed by atoms with Gasteiger partial charge in [-0.15, -0.1) is 0 Å². The monoisotopic (exact) mass is 374 g/mol. The number of carbonyl (C=O) groups is 1. The molecule has 27 heavy (non-hydrogen) atoms. The summed E-state index contributed by atoms with van der Waals surface area (Å²) >= 11 is 0. The Morgan fingerprint density at radius 1 is 0.704 bits per heavy atom. The maximum atomic E-state index is 11.9. The Hall–Kier alpha value is -1.15. The first-order chi connectivity index (χ1) is 13.3. The molecule has 0 aliphatic carbocycles. The second kappa shape index (κ2) is 18.2. The summed E-state index contributed by atoms with van der Waals surface area (Å²) in [6.07, 6.45) is 18.4. The van der Waals surface area contributed by atoms with E-state index in [9.17, 15) is 4.79 Å². The van der Waals surface area contributed by atoms with E-state index in [-0.39, 0.29) is 0 Å². The fourth-order valence-electron chi connectivity index (χ4n) is 3.42. The number of carbonyl (C=O) groups excluding carboxylic acids is 1. The molecule has 1 rings (SSSR count). The van der Waals surface area contributed by atoms with Gasteiger partial charge in [0.05, 0.1) is 6.61 Å². The Kier molecular flexibility index (Phi) is 16.1. The number of ketones is 1. The van der Waals surface area contributed by atoms with Gasteiger partial charge in [0, 0.05) is 19.4 Å². The van der Waals surface area contributed by atoms with Crippen LogP contribution in [0.15, 0.2) is 30.3 Å². The molecule has 0 saturated heterocycles. The van der Waals surface area contributed by atoms with E-state index in [4.69, 9.17) is 4.74 Å². The molecule has 2 nitrogen and oxygen atoms in total. The van der Waals surface area contributed by atoms with Crippen molar-refractivity contribution in [3.05, 3.63) is 35.9 Å². The Morgan fingerprint density at radius 2 is 1.22 bits per heavy atom. The lowest BCUT2D eigenvalue weighted by molar-refractivity contribution is -0.119. The van der Waals surface area contributed by atoms with Crippen molar-refractivity contribution in [2.24, 2.45) is 0 Å². The molecule has 0 amide bonds. The van der Waals surface area contributed by atoms with Gasteiger partial charge in [0.1, 0.15) is 5.78 Å². The minimum atomic E-state index is 0.408. The topological polar surface area (TPSA) is 26.3 Å². The minimum Gasteiger partial charge on any atom is -0.377 e. The van der Waals surface area contributed by atoms with E-state index < -0.39 is 0 Å². The largest absolute Gasteiger partial charge is 0.377 e. The van der Waals surface area contributed by atoms with Crippen LogP contribution in [0.25, 0.3) is 0 Å². The third-order valence-electron chi connectivity index (χ3n) is 5.17. The highest BCUT2D eigenvalue weighted by Crippen LogP contribution is 2.13. The van der Waals surface area contributed by atoms with Crippen molar-refractivity contribution in [2.45, 2.75) is 110 Å². The molecule has 0 aromatic heterocycles. The Bertz CT molecular complexity index is 441. The van der Waals surface area contributed by atoms with Crippen molar-refractivity contribution in [1.82, 2.24) is 0 Å². The standard InChI is InChI=1S/C25H42O2/c1-2-3-4-5-6-7-8-9-10-11-12-16-20-25(26)21-17-22-27-23-24-18-14-13-15-19-24/h13-15,18-19H,2-12,16-17,20-23H2,1H3. The highest BCUT2D eigenvalue weighted by molar-refractivity contribution is 5.78. The van der Waals surface area contributed by atoms with E-state index in [2.05, 4.69) is 19.1 Å². The molecule has 0 aliphatic rings. The predicted molar refractivity (Wildman–Crippen MR) is 116 cm³/mol. The Morgan fingerprint density at radius 3 is 1.81 bits per heavy atom. The predicted octanol–water partition coefficient (Wildman–Crippen LogP) is 7.64. The van der Waals surface area contributed by atoms with Crippen molar-refractivity contribution < 1.29 is 9.53 Å². The summed E-state index contributed by atoms with van der Waals surface area (Å²) in [6, 6.07) is 10.2. The van der Waals surface area contributed by atoms with Gasteiger partial charge in [0.2, 0.25) is 0 Å². The van der Waals surface area contributed by atoms with Crippen LogP contribution in [0.2, 0.25) is 0 Å². The van der Waals surface area contributed by atoms with Gasteiger partial charge in [-0.05, 0) is 18.4 Å². The van der Waals surface area contributed by atoms with Gasteiger partial charge >= 0.3 is 0 Å². The van der Waals surface area contributed by atoms with Gasteiger partial charge < -0.3 is 4.74 Å². The summed E-state index contributed by atoms with van der Waals surface area (Å²) < 4.78 is 5.63. The van der Waals surface area contributed by atoms with Crippen LogP contribution in [0.4, 0.5) is 0 Å². The van der Waals surface area contributed by atoms with E-state index in [1.54, 1.807) is 0 Å². The zero-order chi connectivity index (χ0) is 19.4. The molecule has 0 spiro atoms. The molecule has 0 radical (unpaired) electrons. The molecule has 0 saturated carbocycles. The smallest absolute Gasteiger partial charge is 0.132 e.